The van der Waals surface area contributed by atoms with E-state index < -0.39 is 5.54 Å². The molecule has 4 nitrogen and oxygen atoms in total. The zero-order chi connectivity index (χ0) is 14.6. The first-order valence-electron chi connectivity index (χ1n) is 6.29. The van der Waals surface area contributed by atoms with Crippen molar-refractivity contribution in [1.29, 1.82) is 0 Å². The van der Waals surface area contributed by atoms with Gasteiger partial charge in [-0.1, -0.05) is 34.2 Å². The van der Waals surface area contributed by atoms with Gasteiger partial charge in [-0.3, -0.25) is 9.59 Å². The lowest BCUT2D eigenvalue weighted by molar-refractivity contribution is -0.122. The maximum absolute atomic E-state index is 11.8. The first-order valence-corrected chi connectivity index (χ1v) is 7.41. The van der Waals surface area contributed by atoms with E-state index in [1.165, 1.54) is 5.57 Å². The van der Waals surface area contributed by atoms with Gasteiger partial charge in [-0.05, 0) is 26.3 Å². The molecule has 0 fully saturated rings. The molecule has 0 saturated heterocycles. The number of halogens is 1. The summed E-state index contributed by atoms with van der Waals surface area (Å²) in [5.74, 6) is 0.122. The normalized spacial score (nSPS) is 17.5. The van der Waals surface area contributed by atoms with Gasteiger partial charge in [-0.15, -0.1) is 0 Å². The average molecular weight is 329 g/mol. The van der Waals surface area contributed by atoms with Crippen molar-refractivity contribution in [2.24, 2.45) is 5.92 Å². The monoisotopic (exact) mass is 328 g/mol. The van der Waals surface area contributed by atoms with E-state index in [0.29, 0.717) is 12.5 Å². The Hall–Kier alpha value is -1.10. The highest BCUT2D eigenvalue weighted by molar-refractivity contribution is 9.09. The Bertz CT molecular complexity index is 427. The van der Waals surface area contributed by atoms with Crippen LogP contribution >= 0.6 is 15.9 Å². The number of alkyl halides is 1. The van der Waals surface area contributed by atoms with Gasteiger partial charge in [-0.2, -0.15) is 0 Å². The lowest BCUT2D eigenvalue weighted by atomic mass is 9.89. The summed E-state index contributed by atoms with van der Waals surface area (Å²) >= 11 is 3.05. The Balaban J connectivity index is 2.34. The molecule has 0 unspecified atom stereocenters. The lowest BCUT2D eigenvalue weighted by Crippen LogP contribution is -2.46. The van der Waals surface area contributed by atoms with Crippen molar-refractivity contribution < 1.29 is 9.59 Å². The Morgan fingerprint density at radius 1 is 1.42 bits per heavy atom. The van der Waals surface area contributed by atoms with Crippen LogP contribution in [0.3, 0.4) is 0 Å². The number of nitrogens with one attached hydrogen (secondary N) is 2. The molecule has 0 spiro atoms. The first kappa shape index (κ1) is 16.0. The number of hydrogen-bond donors (Lipinski definition) is 2. The predicted octanol–water partition coefficient (Wildman–Crippen LogP) is 1.91. The van der Waals surface area contributed by atoms with E-state index in [4.69, 9.17) is 0 Å². The van der Waals surface area contributed by atoms with E-state index in [2.05, 4.69) is 46.1 Å². The number of carbonyl (C=O) groups excluding carboxylic acids is 2. The van der Waals surface area contributed by atoms with Gasteiger partial charge in [-0.25, -0.2) is 0 Å². The minimum atomic E-state index is -0.435. The highest BCUT2D eigenvalue weighted by Crippen LogP contribution is 2.39. The molecule has 0 aromatic rings. The summed E-state index contributed by atoms with van der Waals surface area (Å²) in [6.45, 7) is 10.4. The minimum Gasteiger partial charge on any atom is -0.355 e. The summed E-state index contributed by atoms with van der Waals surface area (Å²) in [5.41, 5.74) is 1.87. The fourth-order valence-electron chi connectivity index (χ4n) is 1.83. The van der Waals surface area contributed by atoms with Crippen molar-refractivity contribution >= 4 is 27.7 Å². The molecule has 0 bridgehead atoms. The summed E-state index contributed by atoms with van der Waals surface area (Å²) in [4.78, 5) is 22.8. The SMILES string of the molecule is C=C([C@@H]1C=C1C)C(C)(C)NC(=O)CCNC(=O)CBr. The van der Waals surface area contributed by atoms with E-state index in [9.17, 15) is 9.59 Å². The largest absolute Gasteiger partial charge is 0.355 e. The van der Waals surface area contributed by atoms with Crippen LogP contribution in [0.25, 0.3) is 0 Å². The van der Waals surface area contributed by atoms with E-state index >= 15 is 0 Å². The highest BCUT2D eigenvalue weighted by atomic mass is 79.9. The van der Waals surface area contributed by atoms with Crippen molar-refractivity contribution in [2.75, 3.05) is 11.9 Å². The molecule has 0 heterocycles. The third kappa shape index (κ3) is 4.82. The van der Waals surface area contributed by atoms with E-state index in [0.717, 1.165) is 5.57 Å². The highest BCUT2D eigenvalue weighted by Gasteiger charge is 2.34. The van der Waals surface area contributed by atoms with Crippen LogP contribution in [-0.2, 0) is 9.59 Å². The quantitative estimate of drug-likeness (QED) is 0.554. The molecule has 0 aliphatic heterocycles. The van der Waals surface area contributed by atoms with Crippen LogP contribution < -0.4 is 10.6 Å². The van der Waals surface area contributed by atoms with Crippen molar-refractivity contribution in [3.8, 4) is 0 Å². The van der Waals surface area contributed by atoms with Crippen molar-refractivity contribution in [1.82, 2.24) is 10.6 Å². The molecule has 0 saturated carbocycles. The third-order valence-electron chi connectivity index (χ3n) is 3.24. The standard InChI is InChI=1S/C14H21BrN2O2/c1-9-7-11(9)10(2)14(3,4)17-12(18)5-6-16-13(19)8-15/h7,11H,2,5-6,8H2,1,3-4H3,(H,16,19)(H,17,18)/t11-/m1/s1. The number of carbonyl (C=O) groups is 2. The maximum atomic E-state index is 11.8. The third-order valence-corrected chi connectivity index (χ3v) is 3.75. The molecular weight excluding hydrogens is 308 g/mol. The zero-order valence-corrected chi connectivity index (χ0v) is 13.3. The topological polar surface area (TPSA) is 58.2 Å². The Morgan fingerprint density at radius 2 is 2.00 bits per heavy atom. The summed E-state index contributed by atoms with van der Waals surface area (Å²) in [5, 5.41) is 5.85. The molecule has 106 valence electrons. The second-order valence-electron chi connectivity index (χ2n) is 5.32. The molecule has 0 aromatic heterocycles. The predicted molar refractivity (Wildman–Crippen MR) is 80.0 cm³/mol. The van der Waals surface area contributed by atoms with Crippen LogP contribution in [0.2, 0.25) is 0 Å². The van der Waals surface area contributed by atoms with Gasteiger partial charge in [0.15, 0.2) is 0 Å². The lowest BCUT2D eigenvalue weighted by Gasteiger charge is -2.29. The number of allylic oxidation sites excluding steroid dienone is 2. The van der Waals surface area contributed by atoms with Crippen molar-refractivity contribution in [2.45, 2.75) is 32.7 Å². The summed E-state index contributed by atoms with van der Waals surface area (Å²) in [7, 11) is 0. The molecule has 2 amide bonds. The molecular formula is C14H21BrN2O2. The van der Waals surface area contributed by atoms with Crippen molar-refractivity contribution in [3.05, 3.63) is 23.8 Å². The molecule has 5 heteroatoms. The molecule has 1 rings (SSSR count). The molecule has 0 aromatic carbocycles. The maximum Gasteiger partial charge on any atom is 0.230 e. The molecule has 1 aliphatic carbocycles. The molecule has 2 N–H and O–H groups in total. The van der Waals surface area contributed by atoms with Gasteiger partial charge >= 0.3 is 0 Å². The van der Waals surface area contributed by atoms with Gasteiger partial charge in [0, 0.05) is 18.9 Å². The fourth-order valence-corrected chi connectivity index (χ4v) is 2.03. The Labute approximate surface area is 122 Å². The van der Waals surface area contributed by atoms with E-state index in [1.54, 1.807) is 0 Å². The first-order chi connectivity index (χ1) is 8.77. The zero-order valence-electron chi connectivity index (χ0n) is 11.7. The smallest absolute Gasteiger partial charge is 0.230 e. The second-order valence-corrected chi connectivity index (χ2v) is 5.88. The van der Waals surface area contributed by atoms with Crippen LogP contribution in [0.5, 0.6) is 0 Å². The molecule has 19 heavy (non-hydrogen) atoms. The van der Waals surface area contributed by atoms with Crippen LogP contribution in [0.4, 0.5) is 0 Å². The molecule has 1 aliphatic rings. The van der Waals surface area contributed by atoms with Crippen LogP contribution in [0.1, 0.15) is 27.2 Å². The van der Waals surface area contributed by atoms with Gasteiger partial charge in [0.05, 0.1) is 10.9 Å². The summed E-state index contributed by atoms with van der Waals surface area (Å²) in [6.07, 6.45) is 2.40. The van der Waals surface area contributed by atoms with Crippen LogP contribution in [0, 0.1) is 5.92 Å². The second kappa shape index (κ2) is 6.37. The van der Waals surface area contributed by atoms with Crippen LogP contribution in [0.15, 0.2) is 23.8 Å². The number of amides is 2. The van der Waals surface area contributed by atoms with Gasteiger partial charge in [0.2, 0.25) is 11.8 Å². The number of hydrogen-bond acceptors (Lipinski definition) is 2. The van der Waals surface area contributed by atoms with Gasteiger partial charge in [0.1, 0.15) is 0 Å². The van der Waals surface area contributed by atoms with Crippen molar-refractivity contribution in [3.63, 3.8) is 0 Å². The summed E-state index contributed by atoms with van der Waals surface area (Å²) < 4.78 is 0. The van der Waals surface area contributed by atoms with E-state index in [-0.39, 0.29) is 23.6 Å². The fraction of sp³-hybridized carbons (Fsp3) is 0.571. The number of rotatable bonds is 7. The molecule has 1 atom stereocenters. The minimum absolute atomic E-state index is 0.0840. The summed E-state index contributed by atoms with van der Waals surface area (Å²) in [6, 6.07) is 0. The van der Waals surface area contributed by atoms with E-state index in [1.807, 2.05) is 13.8 Å². The van der Waals surface area contributed by atoms with Crippen LogP contribution in [-0.4, -0.2) is 29.2 Å². The Kier molecular flexibility index (Phi) is 5.35. The van der Waals surface area contributed by atoms with Gasteiger partial charge < -0.3 is 10.6 Å². The van der Waals surface area contributed by atoms with Gasteiger partial charge in [0.25, 0.3) is 0 Å². The average Bonchev–Trinajstić information content (AvgIpc) is 3.04. The Morgan fingerprint density at radius 3 is 2.47 bits per heavy atom. The molecule has 0 radical (unpaired) electrons.